The summed E-state index contributed by atoms with van der Waals surface area (Å²) in [6, 6.07) is 4.46. The molecule has 2 amide bonds. The third-order valence-corrected chi connectivity index (χ3v) is 2.88. The normalized spacial score (nSPS) is 22.8. The van der Waals surface area contributed by atoms with Gasteiger partial charge in [-0.2, -0.15) is 18.3 Å². The van der Waals surface area contributed by atoms with E-state index in [-0.39, 0.29) is 11.6 Å². The van der Waals surface area contributed by atoms with Crippen molar-refractivity contribution in [1.82, 2.24) is 21.6 Å². The molecule has 1 saturated heterocycles. The summed E-state index contributed by atoms with van der Waals surface area (Å²) in [6.07, 6.45) is -3.91. The molecule has 0 saturated carbocycles. The largest absolute Gasteiger partial charge is 0.417 e. The minimum absolute atomic E-state index is 0.0571. The van der Waals surface area contributed by atoms with Crippen LogP contribution < -0.4 is 21.6 Å². The Kier molecular flexibility index (Phi) is 4.32. The maximum atomic E-state index is 12.8. The molecule has 1 aromatic rings. The molecule has 1 aliphatic heterocycles. The Morgan fingerprint density at radius 3 is 2.76 bits per heavy atom. The van der Waals surface area contributed by atoms with Gasteiger partial charge in [-0.1, -0.05) is 18.2 Å². The molecule has 1 fully saturated rings. The van der Waals surface area contributed by atoms with Gasteiger partial charge in [-0.3, -0.25) is 10.9 Å². The van der Waals surface area contributed by atoms with Gasteiger partial charge in [-0.25, -0.2) is 10.2 Å². The summed E-state index contributed by atoms with van der Waals surface area (Å²) < 4.78 is 38.4. The molecule has 1 aliphatic rings. The van der Waals surface area contributed by atoms with Crippen molar-refractivity contribution in [2.75, 3.05) is 0 Å². The second-order valence-corrected chi connectivity index (χ2v) is 4.48. The van der Waals surface area contributed by atoms with Crippen LogP contribution in [0.2, 0.25) is 0 Å². The molecular formula is C12H14F3N5O. The van der Waals surface area contributed by atoms with Crippen LogP contribution in [0.25, 0.3) is 0 Å². The van der Waals surface area contributed by atoms with E-state index in [0.29, 0.717) is 0 Å². The number of hydrazine groups is 1. The molecular weight excluding hydrogens is 287 g/mol. The van der Waals surface area contributed by atoms with Crippen molar-refractivity contribution in [3.63, 3.8) is 0 Å². The third-order valence-electron chi connectivity index (χ3n) is 2.88. The Hall–Kier alpha value is -2.29. The number of halogens is 3. The first-order valence-corrected chi connectivity index (χ1v) is 6.15. The lowest BCUT2D eigenvalue weighted by Gasteiger charge is -2.30. The van der Waals surface area contributed by atoms with Crippen LogP contribution >= 0.6 is 0 Å². The predicted molar refractivity (Wildman–Crippen MR) is 70.2 cm³/mol. The predicted octanol–water partition coefficient (Wildman–Crippen LogP) is 1.16. The minimum Gasteiger partial charge on any atom is -0.314 e. The van der Waals surface area contributed by atoms with E-state index in [0.717, 1.165) is 12.3 Å². The lowest BCUT2D eigenvalue weighted by atomic mass is 10.1. The van der Waals surface area contributed by atoms with Crippen LogP contribution in [0.15, 0.2) is 29.4 Å². The van der Waals surface area contributed by atoms with Crippen molar-refractivity contribution in [3.8, 4) is 0 Å². The molecule has 2 atom stereocenters. The summed E-state index contributed by atoms with van der Waals surface area (Å²) in [5.74, 6) is 0. The Morgan fingerprint density at radius 2 is 2.05 bits per heavy atom. The van der Waals surface area contributed by atoms with Gasteiger partial charge >= 0.3 is 12.2 Å². The van der Waals surface area contributed by atoms with E-state index in [1.54, 1.807) is 6.92 Å². The van der Waals surface area contributed by atoms with Crippen LogP contribution in [0, 0.1) is 0 Å². The first kappa shape index (κ1) is 15.1. The number of nitrogens with zero attached hydrogens (tertiary/aromatic N) is 1. The van der Waals surface area contributed by atoms with Gasteiger partial charge in [0.15, 0.2) is 0 Å². The Labute approximate surface area is 118 Å². The summed E-state index contributed by atoms with van der Waals surface area (Å²) in [5.41, 5.74) is 6.82. The van der Waals surface area contributed by atoms with Crippen molar-refractivity contribution in [2.24, 2.45) is 5.10 Å². The maximum absolute atomic E-state index is 12.8. The number of carbonyl (C=O) groups is 1. The lowest BCUT2D eigenvalue weighted by Crippen LogP contribution is -2.67. The van der Waals surface area contributed by atoms with E-state index in [1.807, 2.05) is 0 Å². The van der Waals surface area contributed by atoms with Gasteiger partial charge in [0, 0.05) is 5.56 Å². The number of hydrogen-bond donors (Lipinski definition) is 4. The number of benzene rings is 1. The van der Waals surface area contributed by atoms with Gasteiger partial charge in [-0.15, -0.1) is 0 Å². The number of hydrogen-bond acceptors (Lipinski definition) is 4. The zero-order chi connectivity index (χ0) is 15.5. The standard InChI is InChI=1S/C12H14F3N5O/c1-7-10(17-11(21)20-18-7)19-16-6-8-4-2-3-5-9(8)12(13,14)15/h2-7,10,18-19H,1H3,(H2,17,20,21)/b16-6+. The van der Waals surface area contributed by atoms with Gasteiger partial charge in [-0.05, 0) is 13.0 Å². The molecule has 0 aromatic heterocycles. The third kappa shape index (κ3) is 3.85. The van der Waals surface area contributed by atoms with Gasteiger partial charge in [0.05, 0.1) is 17.8 Å². The van der Waals surface area contributed by atoms with Crippen LogP contribution in [0.4, 0.5) is 18.0 Å². The molecule has 1 aromatic carbocycles. The highest BCUT2D eigenvalue weighted by Gasteiger charge is 2.32. The Balaban J connectivity index is 2.06. The number of nitrogens with one attached hydrogen (secondary N) is 4. The number of hydrazone groups is 1. The number of urea groups is 1. The molecule has 2 rings (SSSR count). The number of amides is 2. The molecule has 4 N–H and O–H groups in total. The monoisotopic (exact) mass is 301 g/mol. The fraction of sp³-hybridized carbons (Fsp3) is 0.333. The fourth-order valence-electron chi connectivity index (χ4n) is 1.76. The molecule has 1 heterocycles. The average Bonchev–Trinajstić information content (AvgIpc) is 2.42. The van der Waals surface area contributed by atoms with Crippen molar-refractivity contribution >= 4 is 12.2 Å². The SMILES string of the molecule is CC1NNC(=O)NC1N/N=C/c1ccccc1C(F)(F)F. The van der Waals surface area contributed by atoms with Gasteiger partial charge in [0.2, 0.25) is 0 Å². The van der Waals surface area contributed by atoms with Crippen LogP contribution in [0.1, 0.15) is 18.1 Å². The molecule has 0 radical (unpaired) electrons. The molecule has 9 heteroatoms. The second-order valence-electron chi connectivity index (χ2n) is 4.48. The molecule has 0 bridgehead atoms. The van der Waals surface area contributed by atoms with E-state index in [1.165, 1.54) is 18.2 Å². The van der Waals surface area contributed by atoms with Crippen LogP contribution in [0.5, 0.6) is 0 Å². The van der Waals surface area contributed by atoms with Crippen LogP contribution in [-0.2, 0) is 6.18 Å². The van der Waals surface area contributed by atoms with Crippen molar-refractivity contribution in [1.29, 1.82) is 0 Å². The first-order valence-electron chi connectivity index (χ1n) is 6.15. The minimum atomic E-state index is -4.44. The van der Waals surface area contributed by atoms with Gasteiger partial charge in [0.25, 0.3) is 0 Å². The molecule has 21 heavy (non-hydrogen) atoms. The average molecular weight is 301 g/mol. The number of carbonyl (C=O) groups excluding carboxylic acids is 1. The molecule has 0 spiro atoms. The fourth-order valence-corrected chi connectivity index (χ4v) is 1.76. The smallest absolute Gasteiger partial charge is 0.314 e. The number of alkyl halides is 3. The van der Waals surface area contributed by atoms with Crippen molar-refractivity contribution in [3.05, 3.63) is 35.4 Å². The zero-order valence-electron chi connectivity index (χ0n) is 11.0. The Morgan fingerprint density at radius 1 is 1.33 bits per heavy atom. The molecule has 6 nitrogen and oxygen atoms in total. The maximum Gasteiger partial charge on any atom is 0.417 e. The first-order chi connectivity index (χ1) is 9.88. The summed E-state index contributed by atoms with van der Waals surface area (Å²) in [4.78, 5) is 11.1. The van der Waals surface area contributed by atoms with E-state index in [4.69, 9.17) is 0 Å². The lowest BCUT2D eigenvalue weighted by molar-refractivity contribution is -0.137. The van der Waals surface area contributed by atoms with Gasteiger partial charge in [0.1, 0.15) is 6.17 Å². The van der Waals surface area contributed by atoms with Crippen molar-refractivity contribution < 1.29 is 18.0 Å². The summed E-state index contributed by atoms with van der Waals surface area (Å²) in [7, 11) is 0. The van der Waals surface area contributed by atoms with E-state index in [9.17, 15) is 18.0 Å². The van der Waals surface area contributed by atoms with E-state index >= 15 is 0 Å². The number of rotatable bonds is 3. The topological polar surface area (TPSA) is 77.5 Å². The van der Waals surface area contributed by atoms with Crippen LogP contribution in [-0.4, -0.2) is 24.5 Å². The molecule has 0 aliphatic carbocycles. The highest BCUT2D eigenvalue weighted by Crippen LogP contribution is 2.30. The highest BCUT2D eigenvalue weighted by molar-refractivity contribution is 5.81. The summed E-state index contributed by atoms with van der Waals surface area (Å²) in [6.45, 7) is 1.77. The second kappa shape index (κ2) is 6.00. The highest BCUT2D eigenvalue weighted by atomic mass is 19.4. The summed E-state index contributed by atoms with van der Waals surface area (Å²) >= 11 is 0. The van der Waals surface area contributed by atoms with E-state index in [2.05, 4.69) is 26.7 Å². The van der Waals surface area contributed by atoms with Gasteiger partial charge < -0.3 is 5.32 Å². The van der Waals surface area contributed by atoms with Crippen molar-refractivity contribution in [2.45, 2.75) is 25.3 Å². The molecule has 2 unspecified atom stereocenters. The Bertz CT molecular complexity index is 546. The molecule has 114 valence electrons. The quantitative estimate of drug-likeness (QED) is 0.500. The summed E-state index contributed by atoms with van der Waals surface area (Å²) in [5, 5.41) is 6.30. The van der Waals surface area contributed by atoms with E-state index < -0.39 is 23.9 Å². The zero-order valence-corrected chi connectivity index (χ0v) is 11.0. The van der Waals surface area contributed by atoms with Crippen LogP contribution in [0.3, 0.4) is 0 Å².